The molecule has 0 radical (unpaired) electrons. The van der Waals surface area contributed by atoms with Gasteiger partial charge in [-0.15, -0.1) is 0 Å². The van der Waals surface area contributed by atoms with E-state index in [1.165, 1.54) is 12.1 Å². The second-order valence-corrected chi connectivity index (χ2v) is 5.05. The molecule has 0 aliphatic carbocycles. The Morgan fingerprint density at radius 1 is 1.19 bits per heavy atom. The van der Waals surface area contributed by atoms with Crippen molar-refractivity contribution in [2.75, 3.05) is 13.2 Å². The van der Waals surface area contributed by atoms with Crippen LogP contribution in [0.1, 0.15) is 16.1 Å². The van der Waals surface area contributed by atoms with Crippen molar-refractivity contribution >= 4 is 27.6 Å². The minimum Gasteiger partial charge on any atom is -0.486 e. The molecule has 0 fully saturated rings. The van der Waals surface area contributed by atoms with E-state index >= 15 is 0 Å². The van der Waals surface area contributed by atoms with Gasteiger partial charge >= 0.3 is 5.88 Å². The summed E-state index contributed by atoms with van der Waals surface area (Å²) < 4.78 is 16.2. The predicted molar refractivity (Wildman–Crippen MR) is 73.9 cm³/mol. The molecule has 1 aliphatic heterocycles. The van der Waals surface area contributed by atoms with Gasteiger partial charge in [0, 0.05) is 10.0 Å². The number of rotatable bonds is 3. The lowest BCUT2D eigenvalue weighted by Crippen LogP contribution is -2.16. The molecule has 8 heteroatoms. The molecule has 7 nitrogen and oxygen atoms in total. The highest BCUT2D eigenvalue weighted by molar-refractivity contribution is 9.10. The molecule has 0 unspecified atom stereocenters. The van der Waals surface area contributed by atoms with Crippen LogP contribution in [-0.4, -0.2) is 23.9 Å². The Hall–Kier alpha value is -2.35. The molecule has 21 heavy (non-hydrogen) atoms. The molecule has 108 valence electrons. The molecule has 2 aromatic rings. The van der Waals surface area contributed by atoms with Gasteiger partial charge in [-0.05, 0) is 34.1 Å². The Bertz CT molecular complexity index is 738. The van der Waals surface area contributed by atoms with Crippen LogP contribution >= 0.6 is 15.9 Å². The number of fused-ring (bicyclic) bond motifs is 1. The fraction of sp³-hybridized carbons (Fsp3) is 0.154. The highest BCUT2D eigenvalue weighted by atomic mass is 79.9. The molecule has 0 saturated heterocycles. The van der Waals surface area contributed by atoms with E-state index in [2.05, 4.69) is 15.9 Å². The number of carbonyl (C=O) groups excluding carboxylic acids is 1. The van der Waals surface area contributed by atoms with Crippen molar-refractivity contribution in [3.8, 4) is 11.5 Å². The molecular weight excluding hydrogens is 346 g/mol. The van der Waals surface area contributed by atoms with E-state index in [0.29, 0.717) is 29.2 Å². The normalized spacial score (nSPS) is 13.0. The van der Waals surface area contributed by atoms with Gasteiger partial charge < -0.3 is 13.9 Å². The maximum absolute atomic E-state index is 12.3. The predicted octanol–water partition coefficient (Wildman–Crippen LogP) is 2.95. The third-order valence-electron chi connectivity index (χ3n) is 2.87. The summed E-state index contributed by atoms with van der Waals surface area (Å²) in [5.41, 5.74) is 0.281. The third kappa shape index (κ3) is 2.49. The fourth-order valence-electron chi connectivity index (χ4n) is 1.92. The number of furan rings is 1. The zero-order valence-electron chi connectivity index (χ0n) is 10.5. The molecule has 3 rings (SSSR count). The molecule has 0 amide bonds. The van der Waals surface area contributed by atoms with Gasteiger partial charge in [0.25, 0.3) is 0 Å². The number of ketones is 1. The smallest absolute Gasteiger partial charge is 0.433 e. The van der Waals surface area contributed by atoms with E-state index in [1.807, 2.05) is 0 Å². The van der Waals surface area contributed by atoms with Crippen molar-refractivity contribution < 1.29 is 23.6 Å². The van der Waals surface area contributed by atoms with Gasteiger partial charge in [0.05, 0.1) is 6.07 Å². The first-order valence-corrected chi connectivity index (χ1v) is 6.73. The molecule has 0 N–H and O–H groups in total. The number of nitro groups is 1. The minimum atomic E-state index is -0.699. The van der Waals surface area contributed by atoms with E-state index in [0.717, 1.165) is 6.07 Å². The second kappa shape index (κ2) is 5.21. The summed E-state index contributed by atoms with van der Waals surface area (Å²) in [5.74, 6) is -0.0815. The fourth-order valence-corrected chi connectivity index (χ4v) is 2.42. The minimum absolute atomic E-state index is 0.112. The topological polar surface area (TPSA) is 91.8 Å². The van der Waals surface area contributed by atoms with Gasteiger partial charge in [-0.3, -0.25) is 14.9 Å². The Kier molecular flexibility index (Phi) is 3.38. The first-order chi connectivity index (χ1) is 10.1. The van der Waals surface area contributed by atoms with Crippen LogP contribution < -0.4 is 9.47 Å². The summed E-state index contributed by atoms with van der Waals surface area (Å²) in [7, 11) is 0. The van der Waals surface area contributed by atoms with E-state index in [1.54, 1.807) is 6.07 Å². The van der Waals surface area contributed by atoms with E-state index < -0.39 is 16.6 Å². The molecule has 0 spiro atoms. The molecule has 0 saturated carbocycles. The summed E-state index contributed by atoms with van der Waals surface area (Å²) in [5, 5.41) is 10.6. The molecule has 1 aromatic heterocycles. The third-order valence-corrected chi connectivity index (χ3v) is 3.53. The monoisotopic (exact) mass is 353 g/mol. The highest BCUT2D eigenvalue weighted by Crippen LogP contribution is 2.36. The van der Waals surface area contributed by atoms with Crippen LogP contribution in [-0.2, 0) is 0 Å². The van der Waals surface area contributed by atoms with Gasteiger partial charge in [-0.25, -0.2) is 0 Å². The van der Waals surface area contributed by atoms with Crippen molar-refractivity contribution in [3.05, 3.63) is 50.2 Å². The average Bonchev–Trinajstić information content (AvgIpc) is 2.96. The SMILES string of the molecule is O=C(c1ccc([N+](=O)[O-])o1)c1cc2c(cc1Br)OCCO2. The van der Waals surface area contributed by atoms with Crippen molar-refractivity contribution in [1.29, 1.82) is 0 Å². The molecule has 1 aromatic carbocycles. The maximum atomic E-state index is 12.3. The number of carbonyl (C=O) groups is 1. The summed E-state index contributed by atoms with van der Waals surface area (Å²) >= 11 is 3.28. The molecule has 0 atom stereocenters. The molecule has 1 aliphatic rings. The van der Waals surface area contributed by atoms with Crippen LogP contribution in [0.25, 0.3) is 0 Å². The Labute approximate surface area is 126 Å². The van der Waals surface area contributed by atoms with Gasteiger partial charge in [0.1, 0.15) is 18.1 Å². The van der Waals surface area contributed by atoms with Crippen molar-refractivity contribution in [1.82, 2.24) is 0 Å². The lowest BCUT2D eigenvalue weighted by atomic mass is 10.1. The Morgan fingerprint density at radius 3 is 2.48 bits per heavy atom. The summed E-state index contributed by atoms with van der Waals surface area (Å²) in [6.45, 7) is 0.839. The number of hydrogen-bond acceptors (Lipinski definition) is 6. The lowest BCUT2D eigenvalue weighted by molar-refractivity contribution is -0.402. The van der Waals surface area contributed by atoms with Crippen LogP contribution in [0.15, 0.2) is 33.2 Å². The summed E-state index contributed by atoms with van der Waals surface area (Å²) in [6.07, 6.45) is 0. The van der Waals surface area contributed by atoms with Crippen molar-refractivity contribution in [2.24, 2.45) is 0 Å². The number of ether oxygens (including phenoxy) is 2. The number of nitrogens with zero attached hydrogens (tertiary/aromatic N) is 1. The average molecular weight is 354 g/mol. The first-order valence-electron chi connectivity index (χ1n) is 5.94. The first kappa shape index (κ1) is 13.6. The van der Waals surface area contributed by atoms with Crippen LogP contribution in [0.2, 0.25) is 0 Å². The van der Waals surface area contributed by atoms with E-state index in [4.69, 9.17) is 13.9 Å². The van der Waals surface area contributed by atoms with Crippen LogP contribution in [0.3, 0.4) is 0 Å². The Morgan fingerprint density at radius 2 is 1.86 bits per heavy atom. The zero-order chi connectivity index (χ0) is 15.0. The van der Waals surface area contributed by atoms with Gasteiger partial charge in [-0.2, -0.15) is 0 Å². The molecule has 2 heterocycles. The van der Waals surface area contributed by atoms with Crippen LogP contribution in [0.5, 0.6) is 11.5 Å². The highest BCUT2D eigenvalue weighted by Gasteiger charge is 2.23. The number of benzene rings is 1. The number of hydrogen-bond donors (Lipinski definition) is 0. The quantitative estimate of drug-likeness (QED) is 0.478. The summed E-state index contributed by atoms with van der Waals surface area (Å²) in [4.78, 5) is 22.2. The van der Waals surface area contributed by atoms with Gasteiger partial charge in [-0.1, -0.05) is 0 Å². The van der Waals surface area contributed by atoms with Gasteiger partial charge in [0.2, 0.25) is 5.78 Å². The lowest BCUT2D eigenvalue weighted by Gasteiger charge is -2.19. The largest absolute Gasteiger partial charge is 0.486 e. The van der Waals surface area contributed by atoms with Crippen molar-refractivity contribution in [2.45, 2.75) is 0 Å². The molecular formula is C13H8BrNO6. The van der Waals surface area contributed by atoms with Crippen LogP contribution in [0, 0.1) is 10.1 Å². The number of halogens is 1. The molecule has 0 bridgehead atoms. The van der Waals surface area contributed by atoms with E-state index in [9.17, 15) is 14.9 Å². The standard InChI is InChI=1S/C13H8BrNO6/c14-8-6-11-10(19-3-4-20-11)5-7(8)13(16)9-1-2-12(21-9)15(17)18/h1-2,5-6H,3-4H2. The Balaban J connectivity index is 1.98. The zero-order valence-corrected chi connectivity index (χ0v) is 12.1. The van der Waals surface area contributed by atoms with Gasteiger partial charge in [0.15, 0.2) is 17.3 Å². The maximum Gasteiger partial charge on any atom is 0.433 e. The summed E-state index contributed by atoms with van der Waals surface area (Å²) in [6, 6.07) is 5.55. The van der Waals surface area contributed by atoms with Crippen LogP contribution in [0.4, 0.5) is 5.88 Å². The van der Waals surface area contributed by atoms with E-state index in [-0.39, 0.29) is 11.3 Å². The van der Waals surface area contributed by atoms with Crippen molar-refractivity contribution in [3.63, 3.8) is 0 Å². The second-order valence-electron chi connectivity index (χ2n) is 4.20.